The molecular weight excluding hydrogens is 226 g/mol. The highest BCUT2D eigenvalue weighted by molar-refractivity contribution is 6.00. The van der Waals surface area contributed by atoms with E-state index in [4.69, 9.17) is 0 Å². The van der Waals surface area contributed by atoms with Crippen LogP contribution in [0.3, 0.4) is 0 Å². The number of carbonyl (C=O) groups excluding carboxylic acids is 1. The van der Waals surface area contributed by atoms with Crippen molar-refractivity contribution in [2.45, 2.75) is 39.7 Å². The molecule has 1 rings (SSSR count). The molecule has 2 N–H and O–H groups in total. The van der Waals surface area contributed by atoms with E-state index in [-0.39, 0.29) is 11.6 Å². The van der Waals surface area contributed by atoms with E-state index < -0.39 is 0 Å². The van der Waals surface area contributed by atoms with E-state index in [1.54, 1.807) is 0 Å². The van der Waals surface area contributed by atoms with E-state index in [0.29, 0.717) is 0 Å². The van der Waals surface area contributed by atoms with Crippen LogP contribution < -0.4 is 10.7 Å². The molecule has 0 aliphatic rings. The zero-order chi connectivity index (χ0) is 13.6. The van der Waals surface area contributed by atoms with Gasteiger partial charge in [-0.2, -0.15) is 5.10 Å². The van der Waals surface area contributed by atoms with Gasteiger partial charge >= 0.3 is 6.03 Å². The van der Waals surface area contributed by atoms with Crippen LogP contribution in [-0.4, -0.2) is 17.3 Å². The molecule has 0 unspecified atom stereocenters. The Morgan fingerprint density at radius 3 is 2.33 bits per heavy atom. The number of urea groups is 1. The van der Waals surface area contributed by atoms with Crippen molar-refractivity contribution >= 4 is 11.7 Å². The Kier molecular flexibility index (Phi) is 4.89. The molecule has 0 aliphatic heterocycles. The summed E-state index contributed by atoms with van der Waals surface area (Å²) in [6.07, 6.45) is 0.764. The Morgan fingerprint density at radius 1 is 1.22 bits per heavy atom. The highest BCUT2D eigenvalue weighted by atomic mass is 16.2. The third-order valence-electron chi connectivity index (χ3n) is 2.22. The van der Waals surface area contributed by atoms with Crippen LogP contribution in [0.25, 0.3) is 0 Å². The highest BCUT2D eigenvalue weighted by Crippen LogP contribution is 2.03. The van der Waals surface area contributed by atoms with Crippen LogP contribution in [-0.2, 0) is 0 Å². The quantitative estimate of drug-likeness (QED) is 0.626. The number of hydrogen-bond acceptors (Lipinski definition) is 2. The van der Waals surface area contributed by atoms with Crippen molar-refractivity contribution < 1.29 is 4.79 Å². The van der Waals surface area contributed by atoms with Crippen molar-refractivity contribution in [1.82, 2.24) is 10.7 Å². The topological polar surface area (TPSA) is 53.5 Å². The van der Waals surface area contributed by atoms with E-state index in [2.05, 4.69) is 15.8 Å². The monoisotopic (exact) mass is 247 g/mol. The number of nitrogens with zero attached hydrogens (tertiary/aromatic N) is 1. The molecule has 0 fully saturated rings. The minimum atomic E-state index is -0.288. The van der Waals surface area contributed by atoms with Gasteiger partial charge in [-0.25, -0.2) is 10.2 Å². The fourth-order valence-electron chi connectivity index (χ4n) is 1.47. The zero-order valence-electron chi connectivity index (χ0n) is 11.4. The Balaban J connectivity index is 2.67. The van der Waals surface area contributed by atoms with Crippen molar-refractivity contribution in [3.63, 3.8) is 0 Å². The predicted molar refractivity (Wildman–Crippen MR) is 74.7 cm³/mol. The van der Waals surface area contributed by atoms with Crippen LogP contribution in [0.5, 0.6) is 0 Å². The van der Waals surface area contributed by atoms with Crippen LogP contribution in [0, 0.1) is 0 Å². The standard InChI is InChI=1S/C14H21N3O/c1-5-12(11-9-7-6-8-10-11)16-17-13(18)15-14(2,3)4/h6-10H,5H2,1-4H3,(H2,15,17,18)/b16-12+. The number of hydrogen-bond donors (Lipinski definition) is 2. The molecule has 0 aromatic heterocycles. The summed E-state index contributed by atoms with van der Waals surface area (Å²) in [5.74, 6) is 0. The summed E-state index contributed by atoms with van der Waals surface area (Å²) in [6, 6.07) is 9.53. The molecule has 2 amide bonds. The van der Waals surface area contributed by atoms with Gasteiger partial charge in [-0.1, -0.05) is 37.3 Å². The Morgan fingerprint density at radius 2 is 1.83 bits per heavy atom. The van der Waals surface area contributed by atoms with Gasteiger partial charge < -0.3 is 5.32 Å². The second-order valence-corrected chi connectivity index (χ2v) is 5.09. The summed E-state index contributed by atoms with van der Waals surface area (Å²) in [5.41, 5.74) is 4.15. The van der Waals surface area contributed by atoms with Crippen molar-refractivity contribution in [3.05, 3.63) is 35.9 Å². The summed E-state index contributed by atoms with van der Waals surface area (Å²) >= 11 is 0. The van der Waals surface area contributed by atoms with Crippen molar-refractivity contribution in [2.75, 3.05) is 0 Å². The highest BCUT2D eigenvalue weighted by Gasteiger charge is 2.13. The Hall–Kier alpha value is -1.84. The number of amides is 2. The molecule has 1 aromatic carbocycles. The zero-order valence-corrected chi connectivity index (χ0v) is 11.4. The SMILES string of the molecule is CC/C(=N\NC(=O)NC(C)(C)C)c1ccccc1. The molecule has 0 aliphatic carbocycles. The summed E-state index contributed by atoms with van der Waals surface area (Å²) in [6.45, 7) is 7.78. The number of carbonyl (C=O) groups is 1. The van der Waals surface area contributed by atoms with Crippen molar-refractivity contribution in [1.29, 1.82) is 0 Å². The van der Waals surface area contributed by atoms with Gasteiger partial charge in [-0.3, -0.25) is 0 Å². The lowest BCUT2D eigenvalue weighted by atomic mass is 10.1. The smallest absolute Gasteiger partial charge is 0.332 e. The van der Waals surface area contributed by atoms with Gasteiger partial charge in [0, 0.05) is 5.54 Å². The van der Waals surface area contributed by atoms with Gasteiger partial charge in [-0.15, -0.1) is 0 Å². The normalized spacial score (nSPS) is 12.1. The molecule has 1 aromatic rings. The van der Waals surface area contributed by atoms with Crippen LogP contribution in [0.1, 0.15) is 39.7 Å². The minimum Gasteiger partial charge on any atom is -0.332 e. The fraction of sp³-hybridized carbons (Fsp3) is 0.429. The van der Waals surface area contributed by atoms with Gasteiger partial charge in [-0.05, 0) is 32.8 Å². The second kappa shape index (κ2) is 6.19. The number of benzene rings is 1. The fourth-order valence-corrected chi connectivity index (χ4v) is 1.47. The van der Waals surface area contributed by atoms with E-state index in [1.165, 1.54) is 0 Å². The number of rotatable bonds is 3. The van der Waals surface area contributed by atoms with Gasteiger partial charge in [0.15, 0.2) is 0 Å². The molecule has 4 heteroatoms. The van der Waals surface area contributed by atoms with Gasteiger partial charge in [0.05, 0.1) is 5.71 Å². The Bertz CT molecular complexity index is 418. The maximum absolute atomic E-state index is 11.6. The molecule has 0 radical (unpaired) electrons. The van der Waals surface area contributed by atoms with E-state index in [1.807, 2.05) is 58.0 Å². The lowest BCUT2D eigenvalue weighted by molar-refractivity contribution is 0.232. The van der Waals surface area contributed by atoms with Crippen molar-refractivity contribution in [2.24, 2.45) is 5.10 Å². The average molecular weight is 247 g/mol. The lowest BCUT2D eigenvalue weighted by Gasteiger charge is -2.19. The molecule has 0 saturated heterocycles. The second-order valence-electron chi connectivity index (χ2n) is 5.09. The third kappa shape index (κ3) is 4.99. The van der Waals surface area contributed by atoms with Gasteiger partial charge in [0.25, 0.3) is 0 Å². The van der Waals surface area contributed by atoms with E-state index in [9.17, 15) is 4.79 Å². The molecule has 4 nitrogen and oxygen atoms in total. The van der Waals surface area contributed by atoms with Crippen LogP contribution in [0.4, 0.5) is 4.79 Å². The first kappa shape index (κ1) is 14.2. The molecule has 98 valence electrons. The number of hydrazone groups is 1. The van der Waals surface area contributed by atoms with E-state index in [0.717, 1.165) is 17.7 Å². The molecule has 18 heavy (non-hydrogen) atoms. The summed E-state index contributed by atoms with van der Waals surface area (Å²) in [5, 5.41) is 6.94. The first-order valence-corrected chi connectivity index (χ1v) is 6.12. The predicted octanol–water partition coefficient (Wildman–Crippen LogP) is 2.90. The summed E-state index contributed by atoms with van der Waals surface area (Å²) in [4.78, 5) is 11.6. The lowest BCUT2D eigenvalue weighted by Crippen LogP contribution is -2.45. The average Bonchev–Trinajstić information content (AvgIpc) is 2.29. The van der Waals surface area contributed by atoms with Gasteiger partial charge in [0.1, 0.15) is 0 Å². The van der Waals surface area contributed by atoms with Crippen molar-refractivity contribution in [3.8, 4) is 0 Å². The number of nitrogens with one attached hydrogen (secondary N) is 2. The molecule has 0 spiro atoms. The van der Waals surface area contributed by atoms with Gasteiger partial charge in [0.2, 0.25) is 0 Å². The first-order chi connectivity index (χ1) is 8.42. The molecular formula is C14H21N3O. The van der Waals surface area contributed by atoms with E-state index >= 15 is 0 Å². The summed E-state index contributed by atoms with van der Waals surface area (Å²) in [7, 11) is 0. The molecule has 0 heterocycles. The van der Waals surface area contributed by atoms with Crippen LogP contribution in [0.15, 0.2) is 35.4 Å². The van der Waals surface area contributed by atoms with Crippen LogP contribution >= 0.6 is 0 Å². The molecule has 0 bridgehead atoms. The summed E-state index contributed by atoms with van der Waals surface area (Å²) < 4.78 is 0. The van der Waals surface area contributed by atoms with Crippen LogP contribution in [0.2, 0.25) is 0 Å². The first-order valence-electron chi connectivity index (χ1n) is 6.12. The molecule has 0 atom stereocenters. The maximum Gasteiger partial charge on any atom is 0.335 e. The molecule has 0 saturated carbocycles. The Labute approximate surface area is 108 Å². The maximum atomic E-state index is 11.6. The third-order valence-corrected chi connectivity index (χ3v) is 2.22. The largest absolute Gasteiger partial charge is 0.335 e. The minimum absolute atomic E-state index is 0.265.